The molecule has 6 nitrogen and oxygen atoms in total. The molecule has 3 aromatic carbocycles. The minimum atomic E-state index is -0.892. The molecule has 0 spiro atoms. The molecule has 0 saturated carbocycles. The van der Waals surface area contributed by atoms with Crippen molar-refractivity contribution in [3.05, 3.63) is 99.0 Å². The number of hydrogen-bond donors (Lipinski definition) is 0. The summed E-state index contributed by atoms with van der Waals surface area (Å²) in [6.45, 7) is 1.46. The maximum atomic E-state index is 14.0. The van der Waals surface area contributed by atoms with E-state index in [1.54, 1.807) is 60.7 Å². The number of Topliss-reactive ketones (excluding diaryl/α,β-unsaturated/α-hetero) is 2. The van der Waals surface area contributed by atoms with E-state index in [9.17, 15) is 19.2 Å². The van der Waals surface area contributed by atoms with Crippen LogP contribution in [0.1, 0.15) is 33.2 Å². The molecule has 37 heavy (non-hydrogen) atoms. The highest BCUT2D eigenvalue weighted by Crippen LogP contribution is 2.50. The van der Waals surface area contributed by atoms with Gasteiger partial charge in [0.2, 0.25) is 11.8 Å². The van der Waals surface area contributed by atoms with Gasteiger partial charge in [-0.25, -0.2) is 4.90 Å². The molecule has 8 heteroatoms. The number of fused-ring (bicyclic) bond motifs is 5. The normalized spacial score (nSPS) is 23.6. The van der Waals surface area contributed by atoms with Crippen LogP contribution < -0.4 is 9.80 Å². The molecule has 3 aromatic rings. The molecule has 3 heterocycles. The van der Waals surface area contributed by atoms with Gasteiger partial charge in [0.15, 0.2) is 11.6 Å². The number of amides is 2. The number of nitrogens with zero attached hydrogens (tertiary/aromatic N) is 2. The summed E-state index contributed by atoms with van der Waals surface area (Å²) in [6, 6.07) is 17.4. The molecule has 0 aliphatic carbocycles. The number of halogens is 2. The van der Waals surface area contributed by atoms with Crippen molar-refractivity contribution in [1.82, 2.24) is 0 Å². The van der Waals surface area contributed by atoms with Gasteiger partial charge in [-0.3, -0.25) is 19.2 Å². The molecule has 2 amide bonds. The van der Waals surface area contributed by atoms with Crippen molar-refractivity contribution >= 4 is 68.4 Å². The van der Waals surface area contributed by atoms with Crippen molar-refractivity contribution in [3.8, 4) is 0 Å². The van der Waals surface area contributed by atoms with Crippen LogP contribution in [0.5, 0.6) is 0 Å². The average molecular weight is 576 g/mol. The van der Waals surface area contributed by atoms with E-state index in [1.165, 1.54) is 11.8 Å². The van der Waals surface area contributed by atoms with Crippen LogP contribution in [0.25, 0.3) is 6.08 Å². The lowest BCUT2D eigenvalue weighted by atomic mass is 9.86. The number of carbonyl (C=O) groups is 4. The number of benzene rings is 3. The minimum Gasteiger partial charge on any atom is -0.352 e. The summed E-state index contributed by atoms with van der Waals surface area (Å²) < 4.78 is 0.830. The predicted molar refractivity (Wildman–Crippen MR) is 145 cm³/mol. The molecule has 2 fully saturated rings. The fourth-order valence-electron chi connectivity index (χ4n) is 5.72. The van der Waals surface area contributed by atoms with Crippen LogP contribution in [0, 0.1) is 11.8 Å². The Balaban J connectivity index is 1.47. The lowest BCUT2D eigenvalue weighted by molar-refractivity contribution is -0.122. The van der Waals surface area contributed by atoms with E-state index in [-0.39, 0.29) is 17.5 Å². The standard InChI is InChI=1S/C29H20BrClN2O4/c1-15(34)16-5-11-21(12-6-16)32-28(36)24-22-13-7-17-4-10-20(31)14-23(17)33(22)26(25(24)29(32)37)27(35)18-2-8-19(30)9-3-18/h2-14,22,24-26H,1H3/t22-,24+,25+,26-/m1/s1. The van der Waals surface area contributed by atoms with Gasteiger partial charge in [0.05, 0.1) is 23.6 Å². The van der Waals surface area contributed by atoms with Gasteiger partial charge < -0.3 is 4.90 Å². The van der Waals surface area contributed by atoms with Gasteiger partial charge in [-0.2, -0.15) is 0 Å². The molecule has 0 unspecified atom stereocenters. The summed E-state index contributed by atoms with van der Waals surface area (Å²) in [7, 11) is 0. The summed E-state index contributed by atoms with van der Waals surface area (Å²) in [5.41, 5.74) is 2.92. The van der Waals surface area contributed by atoms with Crippen LogP contribution in [0.3, 0.4) is 0 Å². The third-order valence-electron chi connectivity index (χ3n) is 7.40. The second-order valence-corrected chi connectivity index (χ2v) is 10.8. The Hall–Kier alpha value is -3.55. The maximum absolute atomic E-state index is 14.0. The zero-order valence-electron chi connectivity index (χ0n) is 19.6. The first-order valence-electron chi connectivity index (χ1n) is 11.8. The van der Waals surface area contributed by atoms with Crippen LogP contribution in [0.2, 0.25) is 5.02 Å². The van der Waals surface area contributed by atoms with Crippen molar-refractivity contribution in [2.45, 2.75) is 19.0 Å². The summed E-state index contributed by atoms with van der Waals surface area (Å²) in [5, 5.41) is 0.504. The summed E-state index contributed by atoms with van der Waals surface area (Å²) >= 11 is 9.74. The second-order valence-electron chi connectivity index (χ2n) is 9.44. The minimum absolute atomic E-state index is 0.108. The van der Waals surface area contributed by atoms with E-state index < -0.39 is 29.8 Å². The van der Waals surface area contributed by atoms with E-state index in [0.29, 0.717) is 21.8 Å². The molecular weight excluding hydrogens is 556 g/mol. The van der Waals surface area contributed by atoms with Crippen molar-refractivity contribution < 1.29 is 19.2 Å². The zero-order valence-corrected chi connectivity index (χ0v) is 21.9. The molecule has 3 aliphatic rings. The van der Waals surface area contributed by atoms with Crippen molar-refractivity contribution in [1.29, 1.82) is 0 Å². The first kappa shape index (κ1) is 23.8. The summed E-state index contributed by atoms with van der Waals surface area (Å²) in [6.07, 6.45) is 3.81. The largest absolute Gasteiger partial charge is 0.352 e. The van der Waals surface area contributed by atoms with Gasteiger partial charge in [-0.15, -0.1) is 0 Å². The van der Waals surface area contributed by atoms with E-state index in [0.717, 1.165) is 15.7 Å². The topological polar surface area (TPSA) is 74.8 Å². The predicted octanol–water partition coefficient (Wildman–Crippen LogP) is 5.58. The lowest BCUT2D eigenvalue weighted by Gasteiger charge is -2.36. The van der Waals surface area contributed by atoms with Gasteiger partial charge in [0.25, 0.3) is 0 Å². The van der Waals surface area contributed by atoms with E-state index in [2.05, 4.69) is 15.9 Å². The molecule has 0 N–H and O–H groups in total. The van der Waals surface area contributed by atoms with E-state index in [1.807, 2.05) is 23.1 Å². The Bertz CT molecular complexity index is 1520. The van der Waals surface area contributed by atoms with Crippen LogP contribution >= 0.6 is 27.5 Å². The third-order valence-corrected chi connectivity index (χ3v) is 8.16. The van der Waals surface area contributed by atoms with Gasteiger partial charge in [0.1, 0.15) is 6.04 Å². The van der Waals surface area contributed by atoms with E-state index in [4.69, 9.17) is 11.6 Å². The molecule has 0 aromatic heterocycles. The average Bonchev–Trinajstić information content (AvgIpc) is 3.36. The van der Waals surface area contributed by atoms with Crippen molar-refractivity contribution in [2.75, 3.05) is 9.80 Å². The molecule has 2 saturated heterocycles. The fourth-order valence-corrected chi connectivity index (χ4v) is 6.15. The number of carbonyl (C=O) groups excluding carboxylic acids is 4. The Kier molecular flexibility index (Phi) is 5.66. The quantitative estimate of drug-likeness (QED) is 0.300. The fraction of sp³-hybridized carbons (Fsp3) is 0.172. The molecule has 6 rings (SSSR count). The zero-order chi connectivity index (χ0) is 26.0. The number of imide groups is 1. The first-order chi connectivity index (χ1) is 17.8. The number of rotatable bonds is 4. The Morgan fingerprint density at radius 3 is 2.19 bits per heavy atom. The SMILES string of the molecule is CC(=O)c1ccc(N2C(=O)[C@@H]3[C@H](C2=O)[C@H](C(=O)c2ccc(Br)cc2)N2c4cc(Cl)ccc4C=C[C@H]32)cc1. The van der Waals surface area contributed by atoms with Crippen LogP contribution in [0.4, 0.5) is 11.4 Å². The molecule has 0 radical (unpaired) electrons. The number of hydrogen-bond acceptors (Lipinski definition) is 5. The Labute approximate surface area is 226 Å². The summed E-state index contributed by atoms with van der Waals surface area (Å²) in [5.74, 6) is -2.75. The summed E-state index contributed by atoms with van der Waals surface area (Å²) in [4.78, 5) is 56.6. The first-order valence-corrected chi connectivity index (χ1v) is 13.0. The molecule has 184 valence electrons. The molecular formula is C29H20BrClN2O4. The van der Waals surface area contributed by atoms with Gasteiger partial charge in [0, 0.05) is 26.3 Å². The van der Waals surface area contributed by atoms with Crippen LogP contribution in [0.15, 0.2) is 77.3 Å². The molecule has 3 aliphatic heterocycles. The molecule has 4 atom stereocenters. The highest BCUT2D eigenvalue weighted by molar-refractivity contribution is 9.10. The highest BCUT2D eigenvalue weighted by Gasteiger charge is 2.64. The maximum Gasteiger partial charge on any atom is 0.240 e. The van der Waals surface area contributed by atoms with Gasteiger partial charge >= 0.3 is 0 Å². The Morgan fingerprint density at radius 1 is 0.865 bits per heavy atom. The Morgan fingerprint density at radius 2 is 1.51 bits per heavy atom. The third kappa shape index (κ3) is 3.68. The van der Waals surface area contributed by atoms with E-state index >= 15 is 0 Å². The smallest absolute Gasteiger partial charge is 0.240 e. The molecule has 0 bridgehead atoms. The van der Waals surface area contributed by atoms with Crippen LogP contribution in [-0.2, 0) is 9.59 Å². The highest BCUT2D eigenvalue weighted by atomic mass is 79.9. The second kappa shape index (κ2) is 8.78. The van der Waals surface area contributed by atoms with Crippen molar-refractivity contribution in [2.24, 2.45) is 11.8 Å². The van der Waals surface area contributed by atoms with Gasteiger partial charge in [-0.05, 0) is 61.0 Å². The number of anilines is 2. The van der Waals surface area contributed by atoms with Crippen LogP contribution in [-0.4, -0.2) is 35.5 Å². The van der Waals surface area contributed by atoms with Crippen molar-refractivity contribution in [3.63, 3.8) is 0 Å². The lowest BCUT2D eigenvalue weighted by Crippen LogP contribution is -2.48. The monoisotopic (exact) mass is 574 g/mol. The van der Waals surface area contributed by atoms with Gasteiger partial charge in [-0.1, -0.05) is 57.9 Å². The number of ketones is 2.